The van der Waals surface area contributed by atoms with E-state index < -0.39 is 0 Å². The second kappa shape index (κ2) is 15.2. The zero-order valence-electron chi connectivity index (χ0n) is 15.6. The number of benzene rings is 1. The van der Waals surface area contributed by atoms with Crippen molar-refractivity contribution in [3.8, 4) is 0 Å². The molecule has 0 aromatic heterocycles. The third-order valence-electron chi connectivity index (χ3n) is 4.15. The maximum Gasteiger partial charge on any atom is 0.188 e. The fourth-order valence-electron chi connectivity index (χ4n) is 2.68. The molecular formula is C19H33IN4O2. The molecule has 26 heavy (non-hydrogen) atoms. The number of nitrogens with two attached hydrogens (primary N) is 1. The van der Waals surface area contributed by atoms with Crippen molar-refractivity contribution in [2.24, 2.45) is 10.7 Å². The van der Waals surface area contributed by atoms with Gasteiger partial charge in [0.05, 0.1) is 19.8 Å². The van der Waals surface area contributed by atoms with Crippen molar-refractivity contribution in [1.82, 2.24) is 10.2 Å². The molecule has 7 heteroatoms. The van der Waals surface area contributed by atoms with E-state index in [0.717, 1.165) is 71.8 Å². The normalized spacial score (nSPS) is 15.5. The molecule has 0 atom stereocenters. The van der Waals surface area contributed by atoms with Crippen molar-refractivity contribution in [2.45, 2.75) is 25.9 Å². The van der Waals surface area contributed by atoms with Crippen LogP contribution < -0.4 is 11.1 Å². The van der Waals surface area contributed by atoms with E-state index in [1.54, 1.807) is 0 Å². The van der Waals surface area contributed by atoms with Gasteiger partial charge in [0.1, 0.15) is 0 Å². The van der Waals surface area contributed by atoms with Crippen molar-refractivity contribution >= 4 is 29.9 Å². The van der Waals surface area contributed by atoms with Crippen LogP contribution in [0.15, 0.2) is 35.3 Å². The molecule has 1 aliphatic rings. The number of rotatable bonds is 11. The molecule has 1 aromatic carbocycles. The molecule has 1 aliphatic heterocycles. The molecule has 0 bridgehead atoms. The predicted octanol–water partition coefficient (Wildman–Crippen LogP) is 2.23. The highest BCUT2D eigenvalue weighted by atomic mass is 127. The van der Waals surface area contributed by atoms with Crippen LogP contribution in [-0.2, 0) is 16.1 Å². The number of nitrogens with zero attached hydrogens (tertiary/aromatic N) is 2. The average molecular weight is 476 g/mol. The van der Waals surface area contributed by atoms with Gasteiger partial charge in [-0.3, -0.25) is 9.89 Å². The lowest BCUT2D eigenvalue weighted by atomic mass is 10.2. The molecule has 2 rings (SSSR count). The van der Waals surface area contributed by atoms with E-state index in [-0.39, 0.29) is 24.0 Å². The molecule has 0 amide bonds. The van der Waals surface area contributed by atoms with Crippen LogP contribution in [0.5, 0.6) is 0 Å². The van der Waals surface area contributed by atoms with E-state index in [4.69, 9.17) is 15.2 Å². The molecule has 0 aliphatic carbocycles. The van der Waals surface area contributed by atoms with Crippen LogP contribution in [0.2, 0.25) is 0 Å². The Hall–Kier alpha value is -0.900. The van der Waals surface area contributed by atoms with Gasteiger partial charge in [0, 0.05) is 39.3 Å². The minimum absolute atomic E-state index is 0. The Kier molecular flexibility index (Phi) is 13.5. The summed E-state index contributed by atoms with van der Waals surface area (Å²) in [5.74, 6) is 0.548. The number of unbranched alkanes of at least 4 members (excludes halogenated alkanes) is 1. The lowest BCUT2D eigenvalue weighted by Gasteiger charge is -2.26. The SMILES string of the molecule is I.NC(=NCCCN1CCOCC1)NCCCCOCc1ccccc1. The Labute approximate surface area is 174 Å². The van der Waals surface area contributed by atoms with E-state index >= 15 is 0 Å². The Morgan fingerprint density at radius 3 is 2.69 bits per heavy atom. The van der Waals surface area contributed by atoms with Gasteiger partial charge in [-0.05, 0) is 24.8 Å². The van der Waals surface area contributed by atoms with E-state index in [2.05, 4.69) is 27.3 Å². The van der Waals surface area contributed by atoms with E-state index in [1.165, 1.54) is 5.56 Å². The van der Waals surface area contributed by atoms with Gasteiger partial charge in [-0.25, -0.2) is 0 Å². The van der Waals surface area contributed by atoms with Gasteiger partial charge < -0.3 is 20.5 Å². The van der Waals surface area contributed by atoms with Gasteiger partial charge in [-0.1, -0.05) is 30.3 Å². The maximum absolute atomic E-state index is 5.88. The highest BCUT2D eigenvalue weighted by Gasteiger charge is 2.08. The summed E-state index contributed by atoms with van der Waals surface area (Å²) in [7, 11) is 0. The van der Waals surface area contributed by atoms with Crippen molar-refractivity contribution in [1.29, 1.82) is 0 Å². The van der Waals surface area contributed by atoms with Crippen LogP contribution in [0.25, 0.3) is 0 Å². The number of ether oxygens (including phenoxy) is 2. The van der Waals surface area contributed by atoms with Gasteiger partial charge in [0.2, 0.25) is 0 Å². The van der Waals surface area contributed by atoms with Crippen molar-refractivity contribution in [2.75, 3.05) is 52.5 Å². The third-order valence-corrected chi connectivity index (χ3v) is 4.15. The van der Waals surface area contributed by atoms with Crippen LogP contribution in [0.4, 0.5) is 0 Å². The smallest absolute Gasteiger partial charge is 0.188 e. The van der Waals surface area contributed by atoms with Gasteiger partial charge in [0.25, 0.3) is 0 Å². The Balaban J connectivity index is 0.00000338. The number of halogens is 1. The molecule has 1 saturated heterocycles. The lowest BCUT2D eigenvalue weighted by molar-refractivity contribution is 0.0377. The molecule has 0 radical (unpaired) electrons. The molecule has 0 spiro atoms. The Bertz CT molecular complexity index is 482. The molecule has 1 heterocycles. The van der Waals surface area contributed by atoms with Crippen LogP contribution in [-0.4, -0.2) is 63.4 Å². The van der Waals surface area contributed by atoms with Gasteiger partial charge >= 0.3 is 0 Å². The summed E-state index contributed by atoms with van der Waals surface area (Å²) in [6.45, 7) is 7.90. The molecule has 6 nitrogen and oxygen atoms in total. The zero-order valence-corrected chi connectivity index (χ0v) is 17.9. The molecule has 148 valence electrons. The first-order valence-electron chi connectivity index (χ1n) is 9.30. The summed E-state index contributed by atoms with van der Waals surface area (Å²) in [5, 5.41) is 3.17. The minimum atomic E-state index is 0. The molecule has 0 unspecified atom stereocenters. The molecule has 1 aromatic rings. The van der Waals surface area contributed by atoms with Crippen LogP contribution in [0.1, 0.15) is 24.8 Å². The number of guanidine groups is 1. The Morgan fingerprint density at radius 1 is 1.15 bits per heavy atom. The topological polar surface area (TPSA) is 72.1 Å². The molecule has 0 saturated carbocycles. The third kappa shape index (κ3) is 10.9. The van der Waals surface area contributed by atoms with Crippen molar-refractivity contribution in [3.63, 3.8) is 0 Å². The number of nitrogens with one attached hydrogen (secondary N) is 1. The monoisotopic (exact) mass is 476 g/mol. The van der Waals surface area contributed by atoms with Crippen LogP contribution in [0, 0.1) is 0 Å². The summed E-state index contributed by atoms with van der Waals surface area (Å²) >= 11 is 0. The number of hydrogen-bond donors (Lipinski definition) is 2. The summed E-state index contributed by atoms with van der Waals surface area (Å²) in [6, 6.07) is 10.2. The summed E-state index contributed by atoms with van der Waals surface area (Å²) in [6.07, 6.45) is 3.08. The quantitative estimate of drug-likeness (QED) is 0.222. The molecule has 1 fully saturated rings. The fourth-order valence-corrected chi connectivity index (χ4v) is 2.68. The average Bonchev–Trinajstić information content (AvgIpc) is 2.66. The second-order valence-electron chi connectivity index (χ2n) is 6.25. The first kappa shape index (κ1) is 23.1. The fraction of sp³-hybridized carbons (Fsp3) is 0.632. The van der Waals surface area contributed by atoms with Gasteiger partial charge in [0.15, 0.2) is 5.96 Å². The summed E-state index contributed by atoms with van der Waals surface area (Å²) < 4.78 is 11.0. The number of hydrogen-bond acceptors (Lipinski definition) is 4. The summed E-state index contributed by atoms with van der Waals surface area (Å²) in [5.41, 5.74) is 7.10. The van der Waals surface area contributed by atoms with E-state index in [1.807, 2.05) is 18.2 Å². The largest absolute Gasteiger partial charge is 0.379 e. The van der Waals surface area contributed by atoms with Gasteiger partial charge in [-0.2, -0.15) is 0 Å². The highest BCUT2D eigenvalue weighted by molar-refractivity contribution is 14.0. The second-order valence-corrected chi connectivity index (χ2v) is 6.25. The van der Waals surface area contributed by atoms with Crippen LogP contribution >= 0.6 is 24.0 Å². The van der Waals surface area contributed by atoms with E-state index in [9.17, 15) is 0 Å². The molecule has 3 N–H and O–H groups in total. The van der Waals surface area contributed by atoms with Crippen molar-refractivity contribution < 1.29 is 9.47 Å². The minimum Gasteiger partial charge on any atom is -0.379 e. The van der Waals surface area contributed by atoms with Crippen LogP contribution in [0.3, 0.4) is 0 Å². The van der Waals surface area contributed by atoms with Gasteiger partial charge in [-0.15, -0.1) is 24.0 Å². The summed E-state index contributed by atoms with van der Waals surface area (Å²) in [4.78, 5) is 6.79. The van der Waals surface area contributed by atoms with Crippen molar-refractivity contribution in [3.05, 3.63) is 35.9 Å². The lowest BCUT2D eigenvalue weighted by Crippen LogP contribution is -2.37. The molecular weight excluding hydrogens is 443 g/mol. The standard InChI is InChI=1S/C19H32N4O2.HI/c20-19(22-10-6-11-23-12-15-24-16-13-23)21-9-4-5-14-25-17-18-7-2-1-3-8-18;/h1-3,7-8H,4-6,9-17H2,(H3,20,21,22);1H. The zero-order chi connectivity index (χ0) is 17.6. The first-order valence-corrected chi connectivity index (χ1v) is 9.30. The Morgan fingerprint density at radius 2 is 1.92 bits per heavy atom. The maximum atomic E-state index is 5.88. The highest BCUT2D eigenvalue weighted by Crippen LogP contribution is 2.01. The predicted molar refractivity (Wildman–Crippen MR) is 117 cm³/mol. The number of aliphatic imine (C=N–C) groups is 1. The number of morpholine rings is 1. The first-order chi connectivity index (χ1) is 12.3. The van der Waals surface area contributed by atoms with E-state index in [0.29, 0.717) is 12.6 Å².